The maximum atomic E-state index is 13.3. The van der Waals surface area contributed by atoms with Crippen LogP contribution in [0, 0.1) is 6.92 Å². The summed E-state index contributed by atoms with van der Waals surface area (Å²) in [5.41, 5.74) is 5.87. The van der Waals surface area contributed by atoms with Gasteiger partial charge in [0, 0.05) is 47.4 Å². The van der Waals surface area contributed by atoms with Crippen molar-refractivity contribution < 1.29 is 40.8 Å². The fourth-order valence-electron chi connectivity index (χ4n) is 5.96. The highest BCUT2D eigenvalue weighted by Gasteiger charge is 2.23. The molecule has 0 bridgehead atoms. The summed E-state index contributed by atoms with van der Waals surface area (Å²) in [6, 6.07) is 25.9. The van der Waals surface area contributed by atoms with Gasteiger partial charge in [0.15, 0.2) is 0 Å². The number of ether oxygens (including phenoxy) is 3. The van der Waals surface area contributed by atoms with Crippen molar-refractivity contribution >= 4 is 32.7 Å². The maximum Gasteiger partial charge on any atom is 0.338 e. The number of nitrogens with zero attached hydrogens (tertiary/aromatic N) is 2. The highest BCUT2D eigenvalue weighted by Crippen LogP contribution is 2.42. The molecule has 5 rings (SSSR count). The molecule has 0 amide bonds. The van der Waals surface area contributed by atoms with Gasteiger partial charge in [-0.1, -0.05) is 35.9 Å². The van der Waals surface area contributed by atoms with Gasteiger partial charge in [-0.05, 0) is 76.6 Å². The van der Waals surface area contributed by atoms with E-state index in [1.165, 1.54) is 12.1 Å². The molecule has 0 saturated carbocycles. The summed E-state index contributed by atoms with van der Waals surface area (Å²) in [4.78, 5) is 15.5. The van der Waals surface area contributed by atoms with Gasteiger partial charge in [-0.2, -0.15) is 0 Å². The molecule has 1 heterocycles. The van der Waals surface area contributed by atoms with E-state index in [4.69, 9.17) is 18.6 Å². The number of fused-ring (bicyclic) bond motifs is 2. The number of esters is 1. The first-order chi connectivity index (χ1) is 25.6. The number of hydrogen-bond donors (Lipinski definition) is 0. The largest absolute Gasteiger partial charge is 0.744 e. The second-order valence-corrected chi connectivity index (χ2v) is 13.4. The molecule has 1 aliphatic carbocycles. The summed E-state index contributed by atoms with van der Waals surface area (Å²) in [6.07, 6.45) is 0. The summed E-state index contributed by atoms with van der Waals surface area (Å²) in [7, 11) is -4.27. The molecule has 12 heteroatoms. The number of benzene rings is 4. The average molecular weight is 748 g/mol. The highest BCUT2D eigenvalue weighted by molar-refractivity contribution is 7.85. The van der Waals surface area contributed by atoms with Gasteiger partial charge in [0.25, 0.3) is 0 Å². The Morgan fingerprint density at radius 3 is 2.11 bits per heavy atom. The molecule has 0 N–H and O–H groups in total. The van der Waals surface area contributed by atoms with E-state index in [0.29, 0.717) is 18.8 Å². The summed E-state index contributed by atoms with van der Waals surface area (Å²) in [5, 5.41) is 2.01. The van der Waals surface area contributed by atoms with E-state index < -0.39 is 22.8 Å². The highest BCUT2D eigenvalue weighted by atomic mass is 32.2. The Labute approximate surface area is 311 Å². The minimum absolute atomic E-state index is 0.0544. The van der Waals surface area contributed by atoms with Gasteiger partial charge in [-0.25, -0.2) is 22.2 Å². The second kappa shape index (κ2) is 20.0. The van der Waals surface area contributed by atoms with Gasteiger partial charge in [0.05, 0.1) is 43.0 Å². The third-order valence-corrected chi connectivity index (χ3v) is 9.58. The van der Waals surface area contributed by atoms with Crippen LogP contribution >= 0.6 is 0 Å². The molecule has 0 radical (unpaired) electrons. The number of alkyl halides is 1. The predicted octanol–water partition coefficient (Wildman–Crippen LogP) is 6.92. The fourth-order valence-corrected chi connectivity index (χ4v) is 6.43. The van der Waals surface area contributed by atoms with Crippen molar-refractivity contribution in [3.8, 4) is 22.5 Å². The molecule has 0 fully saturated rings. The quantitative estimate of drug-likeness (QED) is 0.0348. The Morgan fingerprint density at radius 2 is 1.47 bits per heavy atom. The molecular formula is C41H49FN2O8S. The SMILES string of the molecule is CCN(CC)c1ccc2c(-c3ccccc3C(=O)OCCOCCOCC[18F])c3ccc(=[N+](CC)CC)cc-3oc2c1.Cc1ccc(S(=O)(=O)[O-])cc1. The molecule has 0 saturated heterocycles. The summed E-state index contributed by atoms with van der Waals surface area (Å²) < 4.78 is 68.3. The van der Waals surface area contributed by atoms with Crippen LogP contribution in [0.15, 0.2) is 94.2 Å². The Balaban J connectivity index is 0.000000488. The monoisotopic (exact) mass is 747 g/mol. The van der Waals surface area contributed by atoms with Crippen LogP contribution in [-0.2, 0) is 24.3 Å². The number of carbonyl (C=O) groups excluding carboxylic acids is 1. The maximum absolute atomic E-state index is 13.3. The number of aryl methyl sites for hydroxylation is 1. The van der Waals surface area contributed by atoms with Crippen molar-refractivity contribution in [3.63, 3.8) is 0 Å². The number of carbonyl (C=O) groups is 1. The first-order valence-corrected chi connectivity index (χ1v) is 19.3. The van der Waals surface area contributed by atoms with Crippen molar-refractivity contribution in [2.45, 2.75) is 39.5 Å². The van der Waals surface area contributed by atoms with Gasteiger partial charge in [-0.3, -0.25) is 0 Å². The lowest BCUT2D eigenvalue weighted by atomic mass is 9.90. The molecule has 1 aliphatic heterocycles. The lowest BCUT2D eigenvalue weighted by Gasteiger charge is -2.22. The van der Waals surface area contributed by atoms with Crippen LogP contribution in [0.4, 0.5) is 10.1 Å². The van der Waals surface area contributed by atoms with E-state index in [0.717, 1.165) is 76.2 Å². The molecule has 0 spiro atoms. The predicted molar refractivity (Wildman–Crippen MR) is 205 cm³/mol. The minimum atomic E-state index is -4.27. The molecule has 10 nitrogen and oxygen atoms in total. The smallest absolute Gasteiger partial charge is 0.338 e. The van der Waals surface area contributed by atoms with Crippen LogP contribution in [0.3, 0.4) is 0 Å². The fraction of sp³-hybridized carbons (Fsp3) is 0.366. The minimum Gasteiger partial charge on any atom is -0.744 e. The Kier molecular flexibility index (Phi) is 15.5. The van der Waals surface area contributed by atoms with Crippen LogP contribution in [-0.4, -0.2) is 84.8 Å². The molecule has 3 aromatic rings. The van der Waals surface area contributed by atoms with Gasteiger partial charge < -0.3 is 28.1 Å². The summed E-state index contributed by atoms with van der Waals surface area (Å²) in [6.45, 7) is 14.4. The van der Waals surface area contributed by atoms with Crippen molar-refractivity contribution in [2.24, 2.45) is 0 Å². The summed E-state index contributed by atoms with van der Waals surface area (Å²) in [5.74, 6) is 0.328. The second-order valence-electron chi connectivity index (χ2n) is 12.0. The average Bonchev–Trinajstić information content (AvgIpc) is 3.16. The number of anilines is 1. The third kappa shape index (κ3) is 11.0. The van der Waals surface area contributed by atoms with Crippen molar-refractivity contribution in [1.29, 1.82) is 0 Å². The Hall–Kier alpha value is -4.62. The van der Waals surface area contributed by atoms with Gasteiger partial charge in [0.1, 0.15) is 47.8 Å². The molecule has 3 aromatic carbocycles. The first-order valence-electron chi connectivity index (χ1n) is 17.9. The topological polar surface area (TPSA) is 121 Å². The van der Waals surface area contributed by atoms with Crippen LogP contribution in [0.25, 0.3) is 33.4 Å². The Bertz CT molecular complexity index is 2090. The van der Waals surface area contributed by atoms with Crippen molar-refractivity contribution in [2.75, 3.05) is 70.8 Å². The van der Waals surface area contributed by atoms with Gasteiger partial charge in [0.2, 0.25) is 5.36 Å². The van der Waals surface area contributed by atoms with Gasteiger partial charge >= 0.3 is 5.97 Å². The lowest BCUT2D eigenvalue weighted by Crippen LogP contribution is -2.29. The zero-order valence-corrected chi connectivity index (χ0v) is 31.9. The van der Waals surface area contributed by atoms with E-state index in [-0.39, 0.29) is 24.7 Å². The molecule has 53 heavy (non-hydrogen) atoms. The van der Waals surface area contributed by atoms with Crippen molar-refractivity contribution in [1.82, 2.24) is 4.58 Å². The van der Waals surface area contributed by atoms with Gasteiger partial charge in [-0.15, -0.1) is 0 Å². The molecule has 0 aromatic heterocycles. The standard InChI is InChI=1S/C34H42FN2O5.C7H8O3S/c1-5-36(6-2)25-13-15-29-31(23-25)42-32-24-26(37(7-3)8-4)14-16-30(32)33(29)27-11-9-10-12-28(27)34(38)41-22-21-40-20-19-39-18-17-35;1-6-2-4-7(5-3-6)11(8,9)10/h9-16,23-24H,5-8,17-22H2,1-4H3;2-5H,1H3,(H,8,9,10)/q+1;/p-1/i35-1;. The van der Waals surface area contributed by atoms with E-state index in [1.54, 1.807) is 18.2 Å². The number of rotatable bonds is 16. The van der Waals surface area contributed by atoms with Crippen LogP contribution < -0.4 is 14.8 Å². The molecule has 284 valence electrons. The molecular weight excluding hydrogens is 699 g/mol. The first kappa shape index (κ1) is 41.1. The zero-order valence-electron chi connectivity index (χ0n) is 31.1. The van der Waals surface area contributed by atoms with Crippen LogP contribution in [0.1, 0.15) is 43.6 Å². The van der Waals surface area contributed by atoms with E-state index >= 15 is 0 Å². The van der Waals surface area contributed by atoms with Crippen LogP contribution in [0.5, 0.6) is 0 Å². The number of hydrogen-bond acceptors (Lipinski definition) is 9. The van der Waals surface area contributed by atoms with E-state index in [1.807, 2.05) is 25.1 Å². The Morgan fingerprint density at radius 1 is 0.811 bits per heavy atom. The number of halogens is 1. The zero-order chi connectivity index (χ0) is 38.4. The normalized spacial score (nSPS) is 11.3. The third-order valence-electron chi connectivity index (χ3n) is 8.73. The van der Waals surface area contributed by atoms with E-state index in [2.05, 4.69) is 73.6 Å². The van der Waals surface area contributed by atoms with Crippen LogP contribution in [0.2, 0.25) is 0 Å². The summed E-state index contributed by atoms with van der Waals surface area (Å²) >= 11 is 0. The molecule has 0 unspecified atom stereocenters. The van der Waals surface area contributed by atoms with Crippen molar-refractivity contribution in [3.05, 3.63) is 101 Å². The molecule has 2 aliphatic rings. The van der Waals surface area contributed by atoms with E-state index in [9.17, 15) is 22.2 Å². The lowest BCUT2D eigenvalue weighted by molar-refractivity contribution is 0.0130. The molecule has 0 atom stereocenters.